The monoisotopic (exact) mass is 455 g/mol. The first-order valence-corrected chi connectivity index (χ1v) is 9.85. The summed E-state index contributed by atoms with van der Waals surface area (Å²) in [5, 5.41) is 17.0. The second-order valence-electron chi connectivity index (χ2n) is 7.10. The molecule has 0 bridgehead atoms. The predicted molar refractivity (Wildman–Crippen MR) is 120 cm³/mol. The fraction of sp³-hybridized carbons (Fsp3) is 0.0870. The van der Waals surface area contributed by atoms with Gasteiger partial charge in [0.05, 0.1) is 17.4 Å². The van der Waals surface area contributed by atoms with E-state index in [0.717, 1.165) is 29.7 Å². The molecular formula is C23H17ClF3N5. The molecule has 1 aromatic heterocycles. The van der Waals surface area contributed by atoms with Gasteiger partial charge in [-0.2, -0.15) is 18.2 Å². The average Bonchev–Trinajstić information content (AvgIpc) is 2.77. The van der Waals surface area contributed by atoms with Crippen LogP contribution in [0.2, 0.25) is 5.02 Å². The fourth-order valence-electron chi connectivity index (χ4n) is 3.48. The van der Waals surface area contributed by atoms with Gasteiger partial charge in [0.25, 0.3) is 0 Å². The highest BCUT2D eigenvalue weighted by Gasteiger charge is 2.30. The summed E-state index contributed by atoms with van der Waals surface area (Å²) in [5.74, 6) is 0.490. The molecule has 2 N–H and O–H groups in total. The third-order valence-electron chi connectivity index (χ3n) is 5.13. The Morgan fingerprint density at radius 2 is 1.72 bits per heavy atom. The van der Waals surface area contributed by atoms with Crippen LogP contribution >= 0.6 is 11.6 Å². The number of hydrogen-bond donors (Lipinski definition) is 2. The van der Waals surface area contributed by atoms with Crippen molar-refractivity contribution < 1.29 is 13.2 Å². The summed E-state index contributed by atoms with van der Waals surface area (Å²) < 4.78 is 39.9. The van der Waals surface area contributed by atoms with Gasteiger partial charge in [0.15, 0.2) is 0 Å². The van der Waals surface area contributed by atoms with E-state index in [9.17, 15) is 13.2 Å². The molecule has 9 heteroatoms. The van der Waals surface area contributed by atoms with Gasteiger partial charge in [-0.15, -0.1) is 0 Å². The van der Waals surface area contributed by atoms with Gasteiger partial charge >= 0.3 is 6.18 Å². The Morgan fingerprint density at radius 1 is 1.00 bits per heavy atom. The second kappa shape index (κ2) is 8.12. The van der Waals surface area contributed by atoms with Gasteiger partial charge in [0, 0.05) is 23.1 Å². The Balaban J connectivity index is 1.78. The van der Waals surface area contributed by atoms with Crippen molar-refractivity contribution in [3.05, 3.63) is 82.9 Å². The van der Waals surface area contributed by atoms with Gasteiger partial charge in [0.2, 0.25) is 5.62 Å². The maximum absolute atomic E-state index is 12.9. The zero-order valence-corrected chi connectivity index (χ0v) is 17.5. The summed E-state index contributed by atoms with van der Waals surface area (Å²) in [6.07, 6.45) is -3.38. The Bertz CT molecular complexity index is 1380. The maximum Gasteiger partial charge on any atom is 0.416 e. The highest BCUT2D eigenvalue weighted by Crippen LogP contribution is 2.34. The molecule has 0 saturated carbocycles. The Hall–Kier alpha value is -3.65. The van der Waals surface area contributed by atoms with Crippen LogP contribution in [0.1, 0.15) is 5.56 Å². The van der Waals surface area contributed by atoms with Crippen LogP contribution in [-0.2, 0) is 6.18 Å². The van der Waals surface area contributed by atoms with Crippen LogP contribution in [0.15, 0.2) is 66.7 Å². The number of halogens is 4. The summed E-state index contributed by atoms with van der Waals surface area (Å²) in [5.41, 5.74) is 1.86. The number of nitrogens with zero attached hydrogens (tertiary/aromatic N) is 3. The molecular weight excluding hydrogens is 439 g/mol. The lowest BCUT2D eigenvalue weighted by molar-refractivity contribution is -0.137. The molecule has 0 unspecified atom stereocenters. The van der Waals surface area contributed by atoms with Crippen LogP contribution in [0.5, 0.6) is 0 Å². The van der Waals surface area contributed by atoms with Crippen molar-refractivity contribution >= 4 is 40.3 Å². The number of aromatic nitrogens is 2. The number of fused-ring (bicyclic) bond motifs is 1. The minimum Gasteiger partial charge on any atom is -0.329 e. The molecule has 5 nitrogen and oxygen atoms in total. The third-order valence-corrected chi connectivity index (χ3v) is 5.36. The van der Waals surface area contributed by atoms with Gasteiger partial charge in [-0.3, -0.25) is 15.4 Å². The predicted octanol–water partition coefficient (Wildman–Crippen LogP) is 6.08. The maximum atomic E-state index is 12.9. The average molecular weight is 456 g/mol. The second-order valence-corrected chi connectivity index (χ2v) is 7.54. The van der Waals surface area contributed by atoms with E-state index in [-0.39, 0.29) is 5.62 Å². The Kier molecular flexibility index (Phi) is 5.48. The molecule has 162 valence electrons. The van der Waals surface area contributed by atoms with Crippen LogP contribution in [0.25, 0.3) is 22.0 Å². The Labute approximate surface area is 186 Å². The molecule has 0 aliphatic heterocycles. The fourth-order valence-corrected chi connectivity index (χ4v) is 3.64. The third kappa shape index (κ3) is 3.97. The van der Waals surface area contributed by atoms with Gasteiger partial charge in [-0.1, -0.05) is 35.9 Å². The van der Waals surface area contributed by atoms with E-state index in [0.29, 0.717) is 27.3 Å². The molecule has 3 aromatic carbocycles. The molecule has 32 heavy (non-hydrogen) atoms. The zero-order chi connectivity index (χ0) is 23.0. The van der Waals surface area contributed by atoms with Crippen LogP contribution in [0, 0.1) is 10.8 Å². The molecule has 4 rings (SSSR count). The van der Waals surface area contributed by atoms with Gasteiger partial charge in [-0.05, 0) is 53.6 Å². The first-order chi connectivity index (χ1) is 15.2. The van der Waals surface area contributed by atoms with E-state index in [1.54, 1.807) is 36.2 Å². The molecule has 4 aromatic rings. The molecule has 0 fully saturated rings. The van der Waals surface area contributed by atoms with Crippen molar-refractivity contribution in [2.45, 2.75) is 6.18 Å². The first kappa shape index (κ1) is 21.6. The van der Waals surface area contributed by atoms with E-state index < -0.39 is 11.7 Å². The van der Waals surface area contributed by atoms with Crippen molar-refractivity contribution in [2.75, 3.05) is 11.9 Å². The van der Waals surface area contributed by atoms with Crippen molar-refractivity contribution in [2.24, 2.45) is 0 Å². The summed E-state index contributed by atoms with van der Waals surface area (Å²) >= 11 is 6.12. The molecule has 0 atom stereocenters. The smallest absolute Gasteiger partial charge is 0.329 e. The molecule has 0 aliphatic rings. The number of rotatable bonds is 4. The van der Waals surface area contributed by atoms with E-state index in [1.807, 2.05) is 18.2 Å². The lowest BCUT2D eigenvalue weighted by atomic mass is 10.0. The van der Waals surface area contributed by atoms with E-state index in [2.05, 4.69) is 4.98 Å². The van der Waals surface area contributed by atoms with E-state index >= 15 is 0 Å². The van der Waals surface area contributed by atoms with Crippen LogP contribution in [0.3, 0.4) is 0 Å². The van der Waals surface area contributed by atoms with E-state index in [4.69, 9.17) is 22.4 Å². The number of hydrogen-bond acceptors (Lipinski definition) is 4. The van der Waals surface area contributed by atoms with Crippen molar-refractivity contribution in [1.29, 1.82) is 10.8 Å². The summed E-state index contributed by atoms with van der Waals surface area (Å²) in [6, 6.07) is 17.5. The lowest BCUT2D eigenvalue weighted by Crippen LogP contribution is -2.26. The molecule has 0 radical (unpaired) electrons. The summed E-state index contributed by atoms with van der Waals surface area (Å²) in [6.45, 7) is 0. The van der Waals surface area contributed by atoms with Crippen molar-refractivity contribution in [3.8, 4) is 11.1 Å². The quantitative estimate of drug-likeness (QED) is 0.289. The molecule has 0 saturated heterocycles. The van der Waals surface area contributed by atoms with Crippen molar-refractivity contribution in [1.82, 2.24) is 9.55 Å². The first-order valence-electron chi connectivity index (χ1n) is 9.47. The van der Waals surface area contributed by atoms with Crippen LogP contribution < -0.4 is 10.5 Å². The largest absolute Gasteiger partial charge is 0.416 e. The van der Waals surface area contributed by atoms with E-state index in [1.165, 1.54) is 16.7 Å². The van der Waals surface area contributed by atoms with Gasteiger partial charge < -0.3 is 4.90 Å². The van der Waals surface area contributed by atoms with Gasteiger partial charge in [0.1, 0.15) is 5.82 Å². The normalized spacial score (nSPS) is 11.5. The number of anilines is 2. The molecule has 0 spiro atoms. The molecule has 0 aliphatic carbocycles. The van der Waals surface area contributed by atoms with Crippen LogP contribution in [-0.4, -0.2) is 22.9 Å². The zero-order valence-electron chi connectivity index (χ0n) is 16.8. The minimum absolute atomic E-state index is 0.129. The SMILES string of the molecule is CN(c1cccc(-c2ccc(C(F)(F)F)cc2)c1)c1nc(=N)n(C=N)c2cc(Cl)ccc12. The summed E-state index contributed by atoms with van der Waals surface area (Å²) in [4.78, 5) is 6.14. The standard InChI is InChI=1S/C23H17ClF3N5/c1-31(21-19-10-9-17(24)12-20(19)32(13-28)22(29)30-21)18-4-2-3-15(11-18)14-5-7-16(8-6-14)23(25,26)27/h2-13,28-29H,1H3. The minimum atomic E-state index is -4.38. The van der Waals surface area contributed by atoms with Crippen molar-refractivity contribution in [3.63, 3.8) is 0 Å². The lowest BCUT2D eigenvalue weighted by Gasteiger charge is -2.22. The molecule has 0 amide bonds. The number of alkyl halides is 3. The highest BCUT2D eigenvalue weighted by atomic mass is 35.5. The Morgan fingerprint density at radius 3 is 2.38 bits per heavy atom. The topological polar surface area (TPSA) is 68.8 Å². The highest BCUT2D eigenvalue weighted by molar-refractivity contribution is 6.31. The summed E-state index contributed by atoms with van der Waals surface area (Å²) in [7, 11) is 1.79. The van der Waals surface area contributed by atoms with Gasteiger partial charge in [-0.25, -0.2) is 0 Å². The van der Waals surface area contributed by atoms with Crippen LogP contribution in [0.4, 0.5) is 24.7 Å². The number of benzene rings is 3. The molecule has 1 heterocycles. The number of nitrogens with one attached hydrogen (secondary N) is 2.